The van der Waals surface area contributed by atoms with Crippen LogP contribution < -0.4 is 0 Å². The van der Waals surface area contributed by atoms with Crippen LogP contribution in [0.1, 0.15) is 27.0 Å². The lowest BCUT2D eigenvalue weighted by Crippen LogP contribution is -1.94. The van der Waals surface area contributed by atoms with Crippen molar-refractivity contribution in [2.24, 2.45) is 0 Å². The molecule has 0 atom stereocenters. The van der Waals surface area contributed by atoms with Crippen molar-refractivity contribution in [2.75, 3.05) is 0 Å². The number of carbonyl (C=O) groups is 1. The molecule has 0 N–H and O–H groups in total. The zero-order valence-electron chi connectivity index (χ0n) is 7.05. The normalized spacial score (nSPS) is 14.3. The Morgan fingerprint density at radius 2 is 1.83 bits per heavy atom. The largest absolute Gasteiger partial charge is 0.449 e. The van der Waals surface area contributed by atoms with E-state index in [0.717, 1.165) is 11.1 Å². The highest BCUT2D eigenvalue weighted by Gasteiger charge is 2.21. The first-order valence-electron chi connectivity index (χ1n) is 3.84. The van der Waals surface area contributed by atoms with Gasteiger partial charge in [0, 0.05) is 5.56 Å². The lowest BCUT2D eigenvalue weighted by molar-refractivity contribution is 0.0657. The zero-order chi connectivity index (χ0) is 8.72. The number of hydrogen-bond acceptors (Lipinski definition) is 2. The standard InChI is InChI=1S/C10H9O2/c1-6-3-8-5-12-10(11)9(8)4-7(6)2/h3-5H,1-2H3. The van der Waals surface area contributed by atoms with Gasteiger partial charge in [-0.1, -0.05) is 6.07 Å². The summed E-state index contributed by atoms with van der Waals surface area (Å²) in [6.07, 6.45) is 0. The maximum absolute atomic E-state index is 11.1. The molecule has 0 spiro atoms. The Morgan fingerprint density at radius 1 is 1.17 bits per heavy atom. The number of cyclic esters (lactones) is 1. The molecule has 12 heavy (non-hydrogen) atoms. The molecule has 0 bridgehead atoms. The first-order chi connectivity index (χ1) is 5.68. The van der Waals surface area contributed by atoms with Gasteiger partial charge in [-0.15, -0.1) is 0 Å². The molecule has 1 radical (unpaired) electrons. The van der Waals surface area contributed by atoms with Crippen molar-refractivity contribution in [3.63, 3.8) is 0 Å². The van der Waals surface area contributed by atoms with Crippen molar-refractivity contribution < 1.29 is 9.53 Å². The molecule has 1 aromatic carbocycles. The molecule has 2 rings (SSSR count). The van der Waals surface area contributed by atoms with Crippen LogP contribution in [0.3, 0.4) is 0 Å². The number of fused-ring (bicyclic) bond motifs is 1. The van der Waals surface area contributed by atoms with Gasteiger partial charge in [-0.25, -0.2) is 4.79 Å². The summed E-state index contributed by atoms with van der Waals surface area (Å²) < 4.78 is 4.77. The van der Waals surface area contributed by atoms with Crippen LogP contribution in [-0.4, -0.2) is 5.97 Å². The molecular formula is C10H9O2. The summed E-state index contributed by atoms with van der Waals surface area (Å²) in [5.41, 5.74) is 3.88. The molecule has 0 fully saturated rings. The van der Waals surface area contributed by atoms with Gasteiger partial charge in [-0.05, 0) is 31.0 Å². The quantitative estimate of drug-likeness (QED) is 0.544. The minimum atomic E-state index is -0.242. The van der Waals surface area contributed by atoms with Crippen LogP contribution in [0.25, 0.3) is 0 Å². The summed E-state index contributed by atoms with van der Waals surface area (Å²) in [6.45, 7) is 5.51. The molecule has 0 aromatic heterocycles. The number of hydrogen-bond donors (Lipinski definition) is 0. The van der Waals surface area contributed by atoms with Gasteiger partial charge in [0.1, 0.15) is 0 Å². The molecule has 1 heterocycles. The van der Waals surface area contributed by atoms with E-state index in [4.69, 9.17) is 4.74 Å². The molecule has 61 valence electrons. The fourth-order valence-electron chi connectivity index (χ4n) is 1.29. The van der Waals surface area contributed by atoms with Crippen LogP contribution in [0.5, 0.6) is 0 Å². The highest BCUT2D eigenvalue weighted by atomic mass is 16.5. The fraction of sp³-hybridized carbons (Fsp3) is 0.200. The predicted octanol–water partition coefficient (Wildman–Crippen LogP) is 1.98. The van der Waals surface area contributed by atoms with E-state index in [1.54, 1.807) is 0 Å². The van der Waals surface area contributed by atoms with E-state index in [1.165, 1.54) is 12.2 Å². The van der Waals surface area contributed by atoms with Gasteiger partial charge in [-0.3, -0.25) is 0 Å². The minimum Gasteiger partial charge on any atom is -0.449 e. The van der Waals surface area contributed by atoms with E-state index in [9.17, 15) is 4.79 Å². The number of benzene rings is 1. The summed E-state index contributed by atoms with van der Waals surface area (Å²) in [5.74, 6) is -0.242. The zero-order valence-corrected chi connectivity index (χ0v) is 7.05. The second-order valence-corrected chi connectivity index (χ2v) is 3.05. The van der Waals surface area contributed by atoms with Gasteiger partial charge in [0.2, 0.25) is 0 Å². The Hall–Kier alpha value is -1.31. The van der Waals surface area contributed by atoms with Gasteiger partial charge < -0.3 is 4.74 Å². The lowest BCUT2D eigenvalue weighted by Gasteiger charge is -2.00. The van der Waals surface area contributed by atoms with Crippen LogP contribution in [0.4, 0.5) is 0 Å². The van der Waals surface area contributed by atoms with Crippen molar-refractivity contribution in [1.29, 1.82) is 0 Å². The maximum Gasteiger partial charge on any atom is 0.339 e. The molecule has 0 saturated carbocycles. The van der Waals surface area contributed by atoms with E-state index in [2.05, 4.69) is 0 Å². The SMILES string of the molecule is Cc1cc2c(cc1C)C(=O)O[CH]2. The van der Waals surface area contributed by atoms with Crippen LogP contribution in [-0.2, 0) is 4.74 Å². The smallest absolute Gasteiger partial charge is 0.339 e. The van der Waals surface area contributed by atoms with Gasteiger partial charge >= 0.3 is 5.97 Å². The Bertz CT molecular complexity index is 353. The summed E-state index contributed by atoms with van der Waals surface area (Å²) in [4.78, 5) is 11.1. The predicted molar refractivity (Wildman–Crippen MR) is 44.7 cm³/mol. The van der Waals surface area contributed by atoms with Crippen molar-refractivity contribution in [3.8, 4) is 0 Å². The van der Waals surface area contributed by atoms with E-state index in [0.29, 0.717) is 5.56 Å². The van der Waals surface area contributed by atoms with Gasteiger partial charge in [0.15, 0.2) is 6.61 Å². The third-order valence-electron chi connectivity index (χ3n) is 2.18. The molecule has 0 amide bonds. The van der Waals surface area contributed by atoms with E-state index in [-0.39, 0.29) is 5.97 Å². The molecule has 0 unspecified atom stereocenters. The van der Waals surface area contributed by atoms with Crippen molar-refractivity contribution in [2.45, 2.75) is 13.8 Å². The second kappa shape index (κ2) is 2.34. The number of aryl methyl sites for hydroxylation is 2. The Balaban J connectivity index is 2.63. The van der Waals surface area contributed by atoms with Crippen molar-refractivity contribution in [3.05, 3.63) is 41.0 Å². The van der Waals surface area contributed by atoms with E-state index in [1.807, 2.05) is 26.0 Å². The average molecular weight is 161 g/mol. The highest BCUT2D eigenvalue weighted by molar-refractivity contribution is 5.95. The third-order valence-corrected chi connectivity index (χ3v) is 2.18. The lowest BCUT2D eigenvalue weighted by atomic mass is 10.0. The van der Waals surface area contributed by atoms with E-state index >= 15 is 0 Å². The number of ether oxygens (including phenoxy) is 1. The molecule has 0 aliphatic carbocycles. The average Bonchev–Trinajstić information content (AvgIpc) is 2.35. The fourth-order valence-corrected chi connectivity index (χ4v) is 1.29. The molecule has 2 heteroatoms. The Morgan fingerprint density at radius 3 is 2.58 bits per heavy atom. The molecule has 2 nitrogen and oxygen atoms in total. The number of esters is 1. The first kappa shape index (κ1) is 7.35. The van der Waals surface area contributed by atoms with Gasteiger partial charge in [-0.2, -0.15) is 0 Å². The maximum atomic E-state index is 11.1. The molecule has 0 saturated heterocycles. The molecular weight excluding hydrogens is 152 g/mol. The van der Waals surface area contributed by atoms with Crippen LogP contribution in [0, 0.1) is 20.5 Å². The summed E-state index contributed by atoms with van der Waals surface area (Å²) in [5, 5.41) is 0. The van der Waals surface area contributed by atoms with Gasteiger partial charge in [0.25, 0.3) is 0 Å². The van der Waals surface area contributed by atoms with E-state index < -0.39 is 0 Å². The second-order valence-electron chi connectivity index (χ2n) is 3.05. The Kier molecular flexibility index (Phi) is 1.43. The van der Waals surface area contributed by atoms with Crippen LogP contribution >= 0.6 is 0 Å². The highest BCUT2D eigenvalue weighted by Crippen LogP contribution is 2.24. The summed E-state index contributed by atoms with van der Waals surface area (Å²) >= 11 is 0. The Labute approximate surface area is 71.2 Å². The first-order valence-corrected chi connectivity index (χ1v) is 3.84. The van der Waals surface area contributed by atoms with Crippen LogP contribution in [0.2, 0.25) is 0 Å². The number of carbonyl (C=O) groups excluding carboxylic acids is 1. The molecule has 1 aliphatic heterocycles. The monoisotopic (exact) mass is 161 g/mol. The summed E-state index contributed by atoms with van der Waals surface area (Å²) in [7, 11) is 0. The minimum absolute atomic E-state index is 0.242. The third kappa shape index (κ3) is 0.916. The molecule has 1 aromatic rings. The van der Waals surface area contributed by atoms with Crippen molar-refractivity contribution >= 4 is 5.97 Å². The summed E-state index contributed by atoms with van der Waals surface area (Å²) in [6, 6.07) is 3.84. The van der Waals surface area contributed by atoms with Crippen LogP contribution in [0.15, 0.2) is 12.1 Å². The van der Waals surface area contributed by atoms with Crippen molar-refractivity contribution in [1.82, 2.24) is 0 Å². The molecule has 1 aliphatic rings. The number of rotatable bonds is 0. The topological polar surface area (TPSA) is 26.3 Å². The van der Waals surface area contributed by atoms with Gasteiger partial charge in [0.05, 0.1) is 5.56 Å².